The minimum absolute atomic E-state index is 0.164. The Kier molecular flexibility index (Phi) is 7.06. The van der Waals surface area contributed by atoms with E-state index >= 15 is 0 Å². The normalized spacial score (nSPS) is 15.0. The summed E-state index contributed by atoms with van der Waals surface area (Å²) >= 11 is 0. The van der Waals surface area contributed by atoms with E-state index < -0.39 is 26.6 Å². The summed E-state index contributed by atoms with van der Waals surface area (Å²) in [7, 11) is -2.04. The third kappa shape index (κ3) is 4.97. The number of amides is 1. The summed E-state index contributed by atoms with van der Waals surface area (Å²) in [5.74, 6) is -1.26. The molecule has 1 aliphatic heterocycles. The lowest BCUT2D eigenvalue weighted by atomic mass is 10.1. The zero-order chi connectivity index (χ0) is 21.7. The first kappa shape index (κ1) is 22.2. The van der Waals surface area contributed by atoms with Crippen molar-refractivity contribution in [3.63, 3.8) is 0 Å². The van der Waals surface area contributed by atoms with E-state index in [2.05, 4.69) is 17.1 Å². The highest BCUT2D eigenvalue weighted by atomic mass is 32.2. The van der Waals surface area contributed by atoms with Crippen LogP contribution < -0.4 is 10.2 Å². The molecule has 9 heteroatoms. The number of halogens is 1. The number of rotatable bonds is 7. The van der Waals surface area contributed by atoms with E-state index in [0.29, 0.717) is 5.56 Å². The molecule has 0 radical (unpaired) electrons. The second kappa shape index (κ2) is 9.55. The van der Waals surface area contributed by atoms with Gasteiger partial charge in [-0.1, -0.05) is 6.92 Å². The fourth-order valence-corrected chi connectivity index (χ4v) is 4.74. The van der Waals surface area contributed by atoms with Crippen molar-refractivity contribution in [2.24, 2.45) is 0 Å². The highest BCUT2D eigenvalue weighted by molar-refractivity contribution is 7.89. The Morgan fingerprint density at radius 1 is 1.17 bits per heavy atom. The predicted molar refractivity (Wildman–Crippen MR) is 114 cm³/mol. The highest BCUT2D eigenvalue weighted by Crippen LogP contribution is 2.24. The van der Waals surface area contributed by atoms with Crippen molar-refractivity contribution in [1.82, 2.24) is 4.31 Å². The number of carbonyl (C=O) groups excluding carboxylic acids is 1. The topological polar surface area (TPSA) is 79.0 Å². The van der Waals surface area contributed by atoms with E-state index in [-0.39, 0.29) is 32.0 Å². The lowest BCUT2D eigenvalue weighted by Crippen LogP contribution is -2.40. The van der Waals surface area contributed by atoms with Gasteiger partial charge in [0.15, 0.2) is 0 Å². The van der Waals surface area contributed by atoms with Crippen molar-refractivity contribution in [3.8, 4) is 0 Å². The van der Waals surface area contributed by atoms with E-state index in [1.807, 2.05) is 19.2 Å². The SMILES string of the molecule is CCCN(C)c1ccc(C(=O)Nc2ccc(F)c(S(=O)(=O)N3CCOCC3)c2)cc1. The smallest absolute Gasteiger partial charge is 0.255 e. The summed E-state index contributed by atoms with van der Waals surface area (Å²) in [6, 6.07) is 10.6. The van der Waals surface area contributed by atoms with Gasteiger partial charge >= 0.3 is 0 Å². The van der Waals surface area contributed by atoms with Crippen LogP contribution in [0.5, 0.6) is 0 Å². The summed E-state index contributed by atoms with van der Waals surface area (Å²) in [5, 5.41) is 2.65. The third-order valence-electron chi connectivity index (χ3n) is 4.91. The number of hydrogen-bond acceptors (Lipinski definition) is 5. The molecule has 30 heavy (non-hydrogen) atoms. The van der Waals surface area contributed by atoms with Crippen LogP contribution in [-0.4, -0.2) is 58.5 Å². The van der Waals surface area contributed by atoms with Crippen molar-refractivity contribution in [2.45, 2.75) is 18.2 Å². The molecular weight excluding hydrogens is 409 g/mol. The van der Waals surface area contributed by atoms with E-state index in [4.69, 9.17) is 4.74 Å². The maximum absolute atomic E-state index is 14.3. The van der Waals surface area contributed by atoms with Gasteiger partial charge in [0.1, 0.15) is 10.7 Å². The second-order valence-electron chi connectivity index (χ2n) is 7.08. The summed E-state index contributed by atoms with van der Waals surface area (Å²) in [6.07, 6.45) is 1.01. The molecule has 1 saturated heterocycles. The molecule has 0 spiro atoms. The number of sulfonamides is 1. The van der Waals surface area contributed by atoms with Gasteiger partial charge in [0.05, 0.1) is 13.2 Å². The Bertz CT molecular complexity index is 990. The lowest BCUT2D eigenvalue weighted by Gasteiger charge is -2.26. The van der Waals surface area contributed by atoms with Crippen molar-refractivity contribution in [3.05, 3.63) is 53.8 Å². The first-order chi connectivity index (χ1) is 14.3. The van der Waals surface area contributed by atoms with Crippen molar-refractivity contribution in [2.75, 3.05) is 50.1 Å². The number of nitrogens with zero attached hydrogens (tertiary/aromatic N) is 2. The minimum Gasteiger partial charge on any atom is -0.379 e. The molecule has 1 aliphatic rings. The van der Waals surface area contributed by atoms with Crippen molar-refractivity contribution >= 4 is 27.3 Å². The molecule has 7 nitrogen and oxygen atoms in total. The average Bonchev–Trinajstić information content (AvgIpc) is 2.76. The number of carbonyl (C=O) groups is 1. The van der Waals surface area contributed by atoms with Crippen LogP contribution in [0.4, 0.5) is 15.8 Å². The number of benzene rings is 2. The van der Waals surface area contributed by atoms with Crippen LogP contribution in [0.3, 0.4) is 0 Å². The van der Waals surface area contributed by atoms with Crippen molar-refractivity contribution < 1.29 is 22.3 Å². The van der Waals surface area contributed by atoms with E-state index in [1.54, 1.807) is 12.1 Å². The molecular formula is C21H26FN3O4S. The largest absolute Gasteiger partial charge is 0.379 e. The second-order valence-corrected chi connectivity index (χ2v) is 8.99. The van der Waals surface area contributed by atoms with Gasteiger partial charge in [0.2, 0.25) is 10.0 Å². The fourth-order valence-electron chi connectivity index (χ4n) is 3.24. The van der Waals surface area contributed by atoms with Gasteiger partial charge in [-0.3, -0.25) is 4.79 Å². The first-order valence-electron chi connectivity index (χ1n) is 9.83. The Morgan fingerprint density at radius 3 is 2.47 bits per heavy atom. The van der Waals surface area contributed by atoms with Gasteiger partial charge in [-0.2, -0.15) is 4.31 Å². The molecule has 0 saturated carbocycles. The Labute approximate surface area is 176 Å². The summed E-state index contributed by atoms with van der Waals surface area (Å²) in [6.45, 7) is 3.85. The maximum Gasteiger partial charge on any atom is 0.255 e. The Morgan fingerprint density at radius 2 is 1.83 bits per heavy atom. The van der Waals surface area contributed by atoms with Gasteiger partial charge in [0, 0.05) is 43.6 Å². The standard InChI is InChI=1S/C21H26FN3O4S/c1-3-10-24(2)18-7-4-16(5-8-18)21(26)23-17-6-9-19(22)20(15-17)30(27,28)25-11-13-29-14-12-25/h4-9,15H,3,10-14H2,1-2H3,(H,23,26). The lowest BCUT2D eigenvalue weighted by molar-refractivity contribution is 0.0729. The summed E-state index contributed by atoms with van der Waals surface area (Å²) < 4.78 is 46.2. The predicted octanol–water partition coefficient (Wildman–Crippen LogP) is 2.95. The molecule has 162 valence electrons. The Hall–Kier alpha value is -2.49. The quantitative estimate of drug-likeness (QED) is 0.724. The molecule has 0 atom stereocenters. The van der Waals surface area contributed by atoms with Crippen LogP contribution in [0.15, 0.2) is 47.4 Å². The van der Waals surface area contributed by atoms with Gasteiger partial charge < -0.3 is 15.0 Å². The number of anilines is 2. The van der Waals surface area contributed by atoms with Gasteiger partial charge in [-0.25, -0.2) is 12.8 Å². The van der Waals surface area contributed by atoms with Gasteiger partial charge in [-0.05, 0) is 48.9 Å². The van der Waals surface area contributed by atoms with Crippen LogP contribution in [0.2, 0.25) is 0 Å². The number of morpholine rings is 1. The van der Waals surface area contributed by atoms with Gasteiger partial charge in [0.25, 0.3) is 5.91 Å². The van der Waals surface area contributed by atoms with Crippen LogP contribution in [0.25, 0.3) is 0 Å². The molecule has 1 fully saturated rings. The van der Waals surface area contributed by atoms with Gasteiger partial charge in [-0.15, -0.1) is 0 Å². The molecule has 3 rings (SSSR count). The van der Waals surface area contributed by atoms with Crippen LogP contribution in [-0.2, 0) is 14.8 Å². The van der Waals surface area contributed by atoms with E-state index in [0.717, 1.165) is 30.8 Å². The molecule has 1 heterocycles. The summed E-state index contributed by atoms with van der Waals surface area (Å²) in [4.78, 5) is 14.2. The fraction of sp³-hybridized carbons (Fsp3) is 0.381. The van der Waals surface area contributed by atoms with Crippen LogP contribution in [0, 0.1) is 5.82 Å². The number of hydrogen-bond donors (Lipinski definition) is 1. The van der Waals surface area contributed by atoms with Crippen molar-refractivity contribution in [1.29, 1.82) is 0 Å². The molecule has 0 aliphatic carbocycles. The zero-order valence-corrected chi connectivity index (χ0v) is 17.9. The molecule has 1 amide bonds. The highest BCUT2D eigenvalue weighted by Gasteiger charge is 2.29. The molecule has 0 bridgehead atoms. The monoisotopic (exact) mass is 435 g/mol. The molecule has 1 N–H and O–H groups in total. The zero-order valence-electron chi connectivity index (χ0n) is 17.1. The third-order valence-corrected chi connectivity index (χ3v) is 6.82. The Balaban J connectivity index is 1.77. The number of nitrogens with one attached hydrogen (secondary N) is 1. The number of ether oxygens (including phenoxy) is 1. The maximum atomic E-state index is 14.3. The summed E-state index contributed by atoms with van der Waals surface area (Å²) in [5.41, 5.74) is 1.63. The van der Waals surface area contributed by atoms with Crippen LogP contribution >= 0.6 is 0 Å². The van der Waals surface area contributed by atoms with E-state index in [9.17, 15) is 17.6 Å². The molecule has 2 aromatic carbocycles. The molecule has 0 unspecified atom stereocenters. The molecule has 2 aromatic rings. The minimum atomic E-state index is -4.01. The average molecular weight is 436 g/mol. The first-order valence-corrected chi connectivity index (χ1v) is 11.3. The molecule has 0 aromatic heterocycles. The van der Waals surface area contributed by atoms with E-state index in [1.165, 1.54) is 10.4 Å². The van der Waals surface area contributed by atoms with Crippen LogP contribution in [0.1, 0.15) is 23.7 Å².